The number of hydrogen-bond acceptors (Lipinski definition) is 4. The first-order valence-electron chi connectivity index (χ1n) is 12.8. The molecule has 0 saturated carbocycles. The van der Waals surface area contributed by atoms with E-state index in [1.807, 2.05) is 36.4 Å². The summed E-state index contributed by atoms with van der Waals surface area (Å²) in [5.41, 5.74) is 3.93. The lowest BCUT2D eigenvalue weighted by atomic mass is 9.94. The molecule has 6 aromatic rings. The van der Waals surface area contributed by atoms with E-state index in [1.54, 1.807) is 47.8 Å². The number of halogens is 1. The third-order valence-electron chi connectivity index (χ3n) is 6.99. The third-order valence-corrected chi connectivity index (χ3v) is 7.92. The Morgan fingerprint density at radius 1 is 0.732 bits per heavy atom. The van der Waals surface area contributed by atoms with Gasteiger partial charge >= 0.3 is 5.97 Å². The van der Waals surface area contributed by atoms with Crippen LogP contribution in [0.3, 0.4) is 0 Å². The topological polar surface area (TPSA) is 83.5 Å². The molecule has 0 fully saturated rings. The van der Waals surface area contributed by atoms with Gasteiger partial charge in [0.2, 0.25) is 0 Å². The highest BCUT2D eigenvalue weighted by Crippen LogP contribution is 2.36. The average molecular weight is 560 g/mol. The minimum absolute atomic E-state index is 0.164. The highest BCUT2D eigenvalue weighted by atomic mass is 32.1. The Morgan fingerprint density at radius 2 is 1.44 bits per heavy atom. The second-order valence-corrected chi connectivity index (χ2v) is 10.5. The summed E-state index contributed by atoms with van der Waals surface area (Å²) in [5.74, 6) is -1.94. The maximum absolute atomic E-state index is 13.8. The Morgan fingerprint density at radius 3 is 2.20 bits per heavy atom. The molecule has 7 heteroatoms. The summed E-state index contributed by atoms with van der Waals surface area (Å²) >= 11 is 1.40. The lowest BCUT2D eigenvalue weighted by Crippen LogP contribution is -2.23. The Balaban J connectivity index is 1.40. The number of thiophene rings is 1. The van der Waals surface area contributed by atoms with Crippen LogP contribution in [0, 0.1) is 5.82 Å². The molecule has 0 saturated heterocycles. The molecule has 1 heterocycles. The van der Waals surface area contributed by atoms with E-state index in [2.05, 4.69) is 5.32 Å². The van der Waals surface area contributed by atoms with Gasteiger partial charge in [-0.3, -0.25) is 9.59 Å². The van der Waals surface area contributed by atoms with Crippen LogP contribution in [0.15, 0.2) is 109 Å². The SMILES string of the molecule is O=C(O)c1ccc(CNC(=O)c2cc(-c3ccccc3)cc3scc(C(=O)c4ccc5cc(F)ccc5c4)c23)cc1. The van der Waals surface area contributed by atoms with Crippen molar-refractivity contribution >= 4 is 49.9 Å². The van der Waals surface area contributed by atoms with E-state index < -0.39 is 5.97 Å². The van der Waals surface area contributed by atoms with Gasteiger partial charge in [-0.05, 0) is 69.9 Å². The van der Waals surface area contributed by atoms with Crippen molar-refractivity contribution in [1.29, 1.82) is 0 Å². The van der Waals surface area contributed by atoms with E-state index in [-0.39, 0.29) is 29.6 Å². The number of carboxylic acid groups (broad SMARTS) is 1. The zero-order chi connectivity index (χ0) is 28.5. The van der Waals surface area contributed by atoms with Gasteiger partial charge in [0.05, 0.1) is 5.56 Å². The Kier molecular flexibility index (Phi) is 6.87. The van der Waals surface area contributed by atoms with Gasteiger partial charge < -0.3 is 10.4 Å². The second kappa shape index (κ2) is 10.8. The molecule has 0 atom stereocenters. The van der Waals surface area contributed by atoms with Crippen molar-refractivity contribution in [2.75, 3.05) is 0 Å². The van der Waals surface area contributed by atoms with Crippen LogP contribution in [0.4, 0.5) is 4.39 Å². The predicted octanol–water partition coefficient (Wildman–Crippen LogP) is 7.72. The molecule has 41 heavy (non-hydrogen) atoms. The van der Waals surface area contributed by atoms with Gasteiger partial charge in [-0.15, -0.1) is 11.3 Å². The first-order chi connectivity index (χ1) is 19.9. The fraction of sp³-hybridized carbons (Fsp3) is 0.0294. The molecule has 0 aliphatic carbocycles. The number of carbonyl (C=O) groups is 3. The highest BCUT2D eigenvalue weighted by Gasteiger charge is 2.22. The molecule has 0 aliphatic heterocycles. The molecule has 2 N–H and O–H groups in total. The smallest absolute Gasteiger partial charge is 0.335 e. The summed E-state index contributed by atoms with van der Waals surface area (Å²) < 4.78 is 14.5. The molecular formula is C34H22FNO4S. The zero-order valence-electron chi connectivity index (χ0n) is 21.6. The van der Waals surface area contributed by atoms with E-state index in [0.29, 0.717) is 27.5 Å². The van der Waals surface area contributed by atoms with Gasteiger partial charge in [0, 0.05) is 38.7 Å². The Hall–Kier alpha value is -5.14. The molecule has 0 bridgehead atoms. The van der Waals surface area contributed by atoms with Gasteiger partial charge in [0.15, 0.2) is 5.78 Å². The van der Waals surface area contributed by atoms with Crippen molar-refractivity contribution in [2.24, 2.45) is 0 Å². The van der Waals surface area contributed by atoms with Gasteiger partial charge in [-0.2, -0.15) is 0 Å². The number of aromatic carboxylic acids is 1. The standard InChI is InChI=1S/C34H22FNO4S/c35-27-13-12-23-14-25(11-10-24(23)15-27)32(37)29-19-41-30-17-26(21-4-2-1-3-5-21)16-28(31(29)30)33(38)36-18-20-6-8-22(9-7-20)34(39)40/h1-17,19H,18H2,(H,36,38)(H,39,40). The molecule has 200 valence electrons. The summed E-state index contributed by atoms with van der Waals surface area (Å²) in [6, 6.07) is 29.3. The molecule has 0 unspecified atom stereocenters. The maximum atomic E-state index is 13.8. The summed E-state index contributed by atoms with van der Waals surface area (Å²) in [4.78, 5) is 38.6. The number of benzene rings is 5. The summed E-state index contributed by atoms with van der Waals surface area (Å²) in [6.07, 6.45) is 0. The largest absolute Gasteiger partial charge is 0.478 e. The van der Waals surface area contributed by atoms with E-state index in [9.17, 15) is 18.8 Å². The first-order valence-corrected chi connectivity index (χ1v) is 13.7. The fourth-order valence-electron chi connectivity index (χ4n) is 4.87. The normalized spacial score (nSPS) is 11.0. The molecular weight excluding hydrogens is 537 g/mol. The number of nitrogens with one attached hydrogen (secondary N) is 1. The number of carbonyl (C=O) groups excluding carboxylic acids is 2. The Labute approximate surface area is 238 Å². The quantitative estimate of drug-likeness (QED) is 0.196. The minimum Gasteiger partial charge on any atom is -0.478 e. The van der Waals surface area contributed by atoms with Gasteiger partial charge in [-0.1, -0.05) is 60.7 Å². The maximum Gasteiger partial charge on any atom is 0.335 e. The number of hydrogen-bond donors (Lipinski definition) is 2. The molecule has 0 radical (unpaired) electrons. The van der Waals surface area contributed by atoms with Crippen LogP contribution in [-0.2, 0) is 6.54 Å². The van der Waals surface area contributed by atoms with Crippen LogP contribution in [0.5, 0.6) is 0 Å². The van der Waals surface area contributed by atoms with Crippen molar-refractivity contribution in [1.82, 2.24) is 5.32 Å². The number of carboxylic acids is 1. The van der Waals surface area contributed by atoms with Crippen LogP contribution < -0.4 is 5.32 Å². The lowest BCUT2D eigenvalue weighted by molar-refractivity contribution is 0.0696. The van der Waals surface area contributed by atoms with E-state index in [4.69, 9.17) is 5.11 Å². The number of ketones is 1. The van der Waals surface area contributed by atoms with Crippen molar-refractivity contribution < 1.29 is 23.9 Å². The molecule has 1 aromatic heterocycles. The molecule has 5 nitrogen and oxygen atoms in total. The molecule has 1 amide bonds. The molecule has 0 spiro atoms. The Bertz CT molecular complexity index is 1960. The summed E-state index contributed by atoms with van der Waals surface area (Å²) in [6.45, 7) is 0.185. The molecule has 0 aliphatic rings. The van der Waals surface area contributed by atoms with Crippen LogP contribution in [0.25, 0.3) is 32.0 Å². The van der Waals surface area contributed by atoms with Crippen LogP contribution in [0.2, 0.25) is 0 Å². The molecule has 5 aromatic carbocycles. The van der Waals surface area contributed by atoms with Crippen LogP contribution in [0.1, 0.15) is 42.2 Å². The van der Waals surface area contributed by atoms with E-state index in [0.717, 1.165) is 26.8 Å². The summed E-state index contributed by atoms with van der Waals surface area (Å²) in [7, 11) is 0. The number of amides is 1. The number of fused-ring (bicyclic) bond motifs is 2. The highest BCUT2D eigenvalue weighted by molar-refractivity contribution is 7.17. The van der Waals surface area contributed by atoms with Gasteiger partial charge in [-0.25, -0.2) is 9.18 Å². The summed E-state index contributed by atoms with van der Waals surface area (Å²) in [5, 5.41) is 15.9. The van der Waals surface area contributed by atoms with Crippen molar-refractivity contribution in [3.05, 3.63) is 142 Å². The van der Waals surface area contributed by atoms with E-state index in [1.165, 1.54) is 35.6 Å². The molecule has 6 rings (SSSR count). The van der Waals surface area contributed by atoms with E-state index >= 15 is 0 Å². The van der Waals surface area contributed by atoms with Crippen molar-refractivity contribution in [2.45, 2.75) is 6.54 Å². The van der Waals surface area contributed by atoms with Gasteiger partial charge in [0.1, 0.15) is 5.82 Å². The fourth-order valence-corrected chi connectivity index (χ4v) is 5.87. The van der Waals surface area contributed by atoms with Gasteiger partial charge in [0.25, 0.3) is 5.91 Å². The number of rotatable bonds is 7. The lowest BCUT2D eigenvalue weighted by Gasteiger charge is -2.11. The van der Waals surface area contributed by atoms with Crippen molar-refractivity contribution in [3.63, 3.8) is 0 Å². The minimum atomic E-state index is -1.02. The first kappa shape index (κ1) is 26.1. The third kappa shape index (κ3) is 5.23. The monoisotopic (exact) mass is 559 g/mol. The zero-order valence-corrected chi connectivity index (χ0v) is 22.4. The van der Waals surface area contributed by atoms with Crippen LogP contribution >= 0.6 is 11.3 Å². The van der Waals surface area contributed by atoms with Crippen LogP contribution in [-0.4, -0.2) is 22.8 Å². The average Bonchev–Trinajstić information content (AvgIpc) is 3.43. The second-order valence-electron chi connectivity index (χ2n) is 9.63. The van der Waals surface area contributed by atoms with Crippen molar-refractivity contribution in [3.8, 4) is 11.1 Å². The predicted molar refractivity (Wildman–Crippen MR) is 159 cm³/mol.